The average molecular weight is 442 g/mol. The first-order chi connectivity index (χ1) is 15.8. The molecule has 168 valence electrons. The largest absolute Gasteiger partial charge is 0.378 e. The number of benzene rings is 2. The van der Waals surface area contributed by atoms with E-state index in [0.717, 1.165) is 51.7 Å². The molecule has 0 saturated carbocycles. The van der Waals surface area contributed by atoms with Crippen molar-refractivity contribution in [3.05, 3.63) is 66.0 Å². The Balaban J connectivity index is 1.77. The van der Waals surface area contributed by atoms with Gasteiger partial charge in [0.05, 0.1) is 16.7 Å². The molecule has 7 nitrogen and oxygen atoms in total. The van der Waals surface area contributed by atoms with Crippen molar-refractivity contribution in [2.45, 2.75) is 6.54 Å². The van der Waals surface area contributed by atoms with Crippen LogP contribution in [0.4, 0.5) is 5.69 Å². The van der Waals surface area contributed by atoms with E-state index in [1.807, 2.05) is 77.0 Å². The molecule has 3 heterocycles. The molecule has 0 unspecified atom stereocenters. The van der Waals surface area contributed by atoms with Crippen molar-refractivity contribution in [1.82, 2.24) is 19.8 Å². The quantitative estimate of drug-likeness (QED) is 0.450. The average Bonchev–Trinajstić information content (AvgIpc) is 3.44. The van der Waals surface area contributed by atoms with Crippen molar-refractivity contribution in [3.8, 4) is 0 Å². The van der Waals surface area contributed by atoms with Gasteiger partial charge in [0.25, 0.3) is 11.8 Å². The summed E-state index contributed by atoms with van der Waals surface area (Å²) in [5.41, 5.74) is 5.40. The molecule has 0 bridgehead atoms. The number of amides is 2. The fraction of sp³-hybridized carbons (Fsp3) is 0.231. The molecule has 0 atom stereocenters. The first-order valence-electron chi connectivity index (χ1n) is 11.0. The van der Waals surface area contributed by atoms with Crippen LogP contribution in [0.25, 0.3) is 33.0 Å². The molecule has 33 heavy (non-hydrogen) atoms. The van der Waals surface area contributed by atoms with Gasteiger partial charge in [-0.05, 0) is 32.3 Å². The Morgan fingerprint density at radius 2 is 1.61 bits per heavy atom. The molecule has 7 heteroatoms. The van der Waals surface area contributed by atoms with Gasteiger partial charge in [0.15, 0.2) is 0 Å². The van der Waals surface area contributed by atoms with Crippen LogP contribution in [0.3, 0.4) is 0 Å². The molecule has 2 N–H and O–H groups in total. The van der Waals surface area contributed by atoms with Gasteiger partial charge in [-0.1, -0.05) is 24.3 Å². The third-order valence-corrected chi connectivity index (χ3v) is 6.23. The van der Waals surface area contributed by atoms with Crippen LogP contribution < -0.4 is 10.2 Å². The number of rotatable bonds is 6. The maximum atomic E-state index is 13.1. The molecule has 2 aromatic carbocycles. The van der Waals surface area contributed by atoms with Crippen molar-refractivity contribution in [1.29, 1.82) is 0 Å². The van der Waals surface area contributed by atoms with Crippen LogP contribution in [-0.4, -0.2) is 61.0 Å². The molecule has 1 aliphatic heterocycles. The Kier molecular flexibility index (Phi) is 5.06. The summed E-state index contributed by atoms with van der Waals surface area (Å²) in [6.07, 6.45) is 3.82. The number of aromatic nitrogens is 2. The zero-order chi connectivity index (χ0) is 23.3. The first-order valence-corrected chi connectivity index (χ1v) is 11.0. The lowest BCUT2D eigenvalue weighted by molar-refractivity contribution is -0.122. The third kappa shape index (κ3) is 3.50. The van der Waals surface area contributed by atoms with E-state index in [1.165, 1.54) is 0 Å². The van der Waals surface area contributed by atoms with Crippen LogP contribution in [0.2, 0.25) is 0 Å². The lowest BCUT2D eigenvalue weighted by Gasteiger charge is -2.14. The van der Waals surface area contributed by atoms with E-state index in [9.17, 15) is 9.59 Å². The summed E-state index contributed by atoms with van der Waals surface area (Å²) in [6, 6.07) is 14.0. The number of hydrogen-bond donors (Lipinski definition) is 2. The monoisotopic (exact) mass is 441 g/mol. The number of carbonyl (C=O) groups excluding carboxylic acids is 2. The van der Waals surface area contributed by atoms with Crippen LogP contribution >= 0.6 is 0 Å². The Hall–Kier alpha value is -3.84. The summed E-state index contributed by atoms with van der Waals surface area (Å²) in [7, 11) is 8.10. The number of anilines is 1. The number of carbonyl (C=O) groups is 2. The normalized spacial score (nSPS) is 14.2. The molecular formula is C26H27N5O2. The van der Waals surface area contributed by atoms with E-state index in [1.54, 1.807) is 0 Å². The minimum Gasteiger partial charge on any atom is -0.378 e. The molecule has 5 rings (SSSR count). The summed E-state index contributed by atoms with van der Waals surface area (Å²) >= 11 is 0. The lowest BCUT2D eigenvalue weighted by atomic mass is 9.95. The van der Waals surface area contributed by atoms with Gasteiger partial charge >= 0.3 is 0 Å². The molecule has 1 aliphatic rings. The Morgan fingerprint density at radius 3 is 2.33 bits per heavy atom. The molecule has 0 spiro atoms. The fourth-order valence-electron chi connectivity index (χ4n) is 4.50. The van der Waals surface area contributed by atoms with Gasteiger partial charge in [0, 0.05) is 72.7 Å². The van der Waals surface area contributed by atoms with Crippen LogP contribution in [0.15, 0.2) is 54.9 Å². The minimum absolute atomic E-state index is 0.358. The second-order valence-corrected chi connectivity index (χ2v) is 8.92. The van der Waals surface area contributed by atoms with Crippen molar-refractivity contribution in [2.24, 2.45) is 0 Å². The van der Waals surface area contributed by atoms with Crippen molar-refractivity contribution < 1.29 is 9.59 Å². The van der Waals surface area contributed by atoms with Crippen LogP contribution in [-0.2, 0) is 16.1 Å². The first kappa shape index (κ1) is 21.0. The number of hydrogen-bond acceptors (Lipinski definition) is 4. The van der Waals surface area contributed by atoms with Crippen LogP contribution in [0.5, 0.6) is 0 Å². The fourth-order valence-corrected chi connectivity index (χ4v) is 4.50. The minimum atomic E-state index is -0.362. The predicted octanol–water partition coefficient (Wildman–Crippen LogP) is 3.32. The van der Waals surface area contributed by atoms with E-state index in [4.69, 9.17) is 0 Å². The second kappa shape index (κ2) is 7.94. The van der Waals surface area contributed by atoms with Gasteiger partial charge in [-0.25, -0.2) is 0 Å². The summed E-state index contributed by atoms with van der Waals surface area (Å²) in [5, 5.41) is 4.40. The van der Waals surface area contributed by atoms with Crippen LogP contribution in [0.1, 0.15) is 11.1 Å². The highest BCUT2D eigenvalue weighted by Gasteiger charge is 2.35. The highest BCUT2D eigenvalue weighted by molar-refractivity contribution is 6.50. The van der Waals surface area contributed by atoms with Gasteiger partial charge in [-0.3, -0.25) is 14.9 Å². The zero-order valence-electron chi connectivity index (χ0n) is 19.3. The second-order valence-electron chi connectivity index (χ2n) is 8.92. The van der Waals surface area contributed by atoms with Crippen molar-refractivity contribution in [2.75, 3.05) is 39.6 Å². The molecule has 2 aromatic heterocycles. The van der Waals surface area contributed by atoms with Gasteiger partial charge < -0.3 is 19.4 Å². The third-order valence-electron chi connectivity index (χ3n) is 6.23. The molecule has 0 radical (unpaired) electrons. The predicted molar refractivity (Wildman–Crippen MR) is 133 cm³/mol. The van der Waals surface area contributed by atoms with Crippen LogP contribution in [0, 0.1) is 0 Å². The van der Waals surface area contributed by atoms with Gasteiger partial charge in [0.2, 0.25) is 0 Å². The maximum absolute atomic E-state index is 13.1. The van der Waals surface area contributed by atoms with Crippen molar-refractivity contribution in [3.63, 3.8) is 0 Å². The summed E-state index contributed by atoms with van der Waals surface area (Å²) in [5.74, 6) is -0.720. The number of imide groups is 1. The number of nitrogens with one attached hydrogen (secondary N) is 2. The number of nitrogens with zero attached hydrogens (tertiary/aromatic N) is 3. The molecule has 4 aromatic rings. The SMILES string of the molecule is CN(C)CCn1cc(C2=C(c3c[nH]c4ccccc34)C(=O)NC2=O)c2ccc(N(C)C)cc21. The molecular weight excluding hydrogens is 414 g/mol. The van der Waals surface area contributed by atoms with Gasteiger partial charge in [-0.2, -0.15) is 0 Å². The molecule has 0 aliphatic carbocycles. The Morgan fingerprint density at radius 1 is 0.879 bits per heavy atom. The van der Waals surface area contributed by atoms with Gasteiger partial charge in [-0.15, -0.1) is 0 Å². The smallest absolute Gasteiger partial charge is 0.259 e. The van der Waals surface area contributed by atoms with E-state index >= 15 is 0 Å². The Bertz CT molecular complexity index is 1440. The molecule has 0 saturated heterocycles. The molecule has 0 fully saturated rings. The molecule has 2 amide bonds. The zero-order valence-corrected chi connectivity index (χ0v) is 19.3. The topological polar surface area (TPSA) is 73.4 Å². The highest BCUT2D eigenvalue weighted by Crippen LogP contribution is 2.39. The standard InChI is InChI=1S/C26H27N5O2/c1-29(2)11-12-31-15-20(18-10-9-16(30(3)4)13-22(18)31)24-23(25(32)28-26(24)33)19-14-27-21-8-6-5-7-17(19)21/h5-10,13-15,27H,11-12H2,1-4H3,(H,28,32,33). The number of para-hydroxylation sites is 1. The number of likely N-dealkylation sites (N-methyl/N-ethyl adjacent to an activating group) is 1. The van der Waals surface area contributed by atoms with E-state index < -0.39 is 0 Å². The summed E-state index contributed by atoms with van der Waals surface area (Å²) < 4.78 is 2.17. The summed E-state index contributed by atoms with van der Waals surface area (Å²) in [4.78, 5) is 33.5. The van der Waals surface area contributed by atoms with E-state index in [2.05, 4.69) is 30.7 Å². The van der Waals surface area contributed by atoms with E-state index in [0.29, 0.717) is 11.1 Å². The number of aromatic amines is 1. The number of H-pyrrole nitrogens is 1. The van der Waals surface area contributed by atoms with E-state index in [-0.39, 0.29) is 11.8 Å². The summed E-state index contributed by atoms with van der Waals surface area (Å²) in [6.45, 7) is 1.63. The Labute approximate surface area is 192 Å². The maximum Gasteiger partial charge on any atom is 0.259 e. The lowest BCUT2D eigenvalue weighted by Crippen LogP contribution is -2.22. The number of fused-ring (bicyclic) bond motifs is 2. The highest BCUT2D eigenvalue weighted by atomic mass is 16.2. The van der Waals surface area contributed by atoms with Gasteiger partial charge in [0.1, 0.15) is 0 Å². The van der Waals surface area contributed by atoms with Crippen molar-refractivity contribution >= 4 is 50.5 Å².